The molecule has 3 amide bonds. The van der Waals surface area contributed by atoms with E-state index in [4.69, 9.17) is 10.2 Å². The molecular weight excluding hydrogens is 485 g/mol. The van der Waals surface area contributed by atoms with Crippen molar-refractivity contribution < 1.29 is 23.2 Å². The van der Waals surface area contributed by atoms with Gasteiger partial charge in [-0.3, -0.25) is 19.4 Å². The molecule has 186 valence electrons. The second-order valence-corrected chi connectivity index (χ2v) is 7.99. The number of nitrogens with zero attached hydrogens (tertiary/aromatic N) is 3. The molecule has 12 nitrogen and oxygen atoms in total. The number of amides is 3. The molecule has 37 heavy (non-hydrogen) atoms. The van der Waals surface area contributed by atoms with Gasteiger partial charge >= 0.3 is 5.76 Å². The van der Waals surface area contributed by atoms with Crippen molar-refractivity contribution >= 4 is 34.5 Å². The van der Waals surface area contributed by atoms with Crippen molar-refractivity contribution in [2.75, 3.05) is 0 Å². The van der Waals surface area contributed by atoms with Gasteiger partial charge in [0.1, 0.15) is 11.4 Å². The topological polar surface area (TPSA) is 177 Å². The standard InChI is InChI=1S/C24H18FN7O5/c25-15-11-29-32-18(23(35)28-10-13-3-1-2-4-14(13)20(26)33)8-17(30-21(15)32)22(34)27-9-12-5-6-19-16(7-12)31-24(36)37-19/h1-8,11H,9-10H2,(H2,26,33)(H,27,34)(H,28,35)(H,31,36). The number of hydrogen-bond donors (Lipinski definition) is 4. The molecule has 5 aromatic rings. The lowest BCUT2D eigenvalue weighted by atomic mass is 10.1. The fraction of sp³-hybridized carbons (Fsp3) is 0.0833. The number of fused-ring (bicyclic) bond motifs is 2. The Morgan fingerprint density at radius 2 is 1.84 bits per heavy atom. The molecule has 0 aliphatic heterocycles. The summed E-state index contributed by atoms with van der Waals surface area (Å²) in [7, 11) is 0. The fourth-order valence-electron chi connectivity index (χ4n) is 3.78. The maximum absolute atomic E-state index is 14.3. The van der Waals surface area contributed by atoms with Crippen molar-refractivity contribution in [2.45, 2.75) is 13.1 Å². The average Bonchev–Trinajstić information content (AvgIpc) is 3.46. The number of carbonyl (C=O) groups is 3. The summed E-state index contributed by atoms with van der Waals surface area (Å²) in [5, 5.41) is 9.11. The van der Waals surface area contributed by atoms with Gasteiger partial charge in [0.25, 0.3) is 11.8 Å². The van der Waals surface area contributed by atoms with E-state index >= 15 is 0 Å². The second kappa shape index (κ2) is 9.37. The second-order valence-electron chi connectivity index (χ2n) is 7.99. The molecule has 0 saturated carbocycles. The summed E-state index contributed by atoms with van der Waals surface area (Å²) in [4.78, 5) is 55.4. The van der Waals surface area contributed by atoms with Crippen LogP contribution in [0.25, 0.3) is 16.7 Å². The highest BCUT2D eigenvalue weighted by molar-refractivity contribution is 5.98. The molecule has 0 spiro atoms. The van der Waals surface area contributed by atoms with Crippen LogP contribution in [0.3, 0.4) is 0 Å². The van der Waals surface area contributed by atoms with Crippen molar-refractivity contribution in [1.82, 2.24) is 30.2 Å². The number of oxazole rings is 1. The van der Waals surface area contributed by atoms with Crippen LogP contribution in [-0.2, 0) is 13.1 Å². The minimum absolute atomic E-state index is 0.0500. The van der Waals surface area contributed by atoms with Gasteiger partial charge in [0, 0.05) is 24.7 Å². The Kier molecular flexibility index (Phi) is 5.93. The lowest BCUT2D eigenvalue weighted by molar-refractivity contribution is 0.0937. The Morgan fingerprint density at radius 1 is 1.05 bits per heavy atom. The molecule has 2 aromatic carbocycles. The summed E-state index contributed by atoms with van der Waals surface area (Å²) >= 11 is 0. The molecule has 3 heterocycles. The van der Waals surface area contributed by atoms with Crippen LogP contribution in [0.2, 0.25) is 0 Å². The Labute approximate surface area is 206 Å². The number of aromatic nitrogens is 4. The minimum atomic E-state index is -0.822. The van der Waals surface area contributed by atoms with Gasteiger partial charge < -0.3 is 20.8 Å². The number of hydrogen-bond acceptors (Lipinski definition) is 7. The van der Waals surface area contributed by atoms with Crippen molar-refractivity contribution in [3.63, 3.8) is 0 Å². The quantitative estimate of drug-likeness (QED) is 0.258. The number of nitrogens with one attached hydrogen (secondary N) is 3. The van der Waals surface area contributed by atoms with Crippen LogP contribution in [-0.4, -0.2) is 37.3 Å². The molecule has 0 bridgehead atoms. The van der Waals surface area contributed by atoms with E-state index in [1.54, 1.807) is 36.4 Å². The average molecular weight is 503 g/mol. The molecule has 0 aliphatic rings. The van der Waals surface area contributed by atoms with Crippen molar-refractivity contribution in [3.8, 4) is 0 Å². The first-order valence-corrected chi connectivity index (χ1v) is 10.9. The van der Waals surface area contributed by atoms with Crippen LogP contribution in [0.4, 0.5) is 4.39 Å². The zero-order chi connectivity index (χ0) is 26.1. The summed E-state index contributed by atoms with van der Waals surface area (Å²) in [5.41, 5.74) is 6.92. The van der Waals surface area contributed by atoms with Gasteiger partial charge in [0.05, 0.1) is 11.7 Å². The molecule has 0 atom stereocenters. The van der Waals surface area contributed by atoms with E-state index in [1.165, 1.54) is 12.1 Å². The summed E-state index contributed by atoms with van der Waals surface area (Å²) in [6, 6.07) is 12.5. The van der Waals surface area contributed by atoms with Crippen molar-refractivity contribution in [1.29, 1.82) is 0 Å². The molecule has 0 saturated heterocycles. The minimum Gasteiger partial charge on any atom is -0.408 e. The number of H-pyrrole nitrogens is 1. The molecular formula is C24H18FN7O5. The van der Waals surface area contributed by atoms with Gasteiger partial charge in [-0.15, -0.1) is 0 Å². The number of nitrogens with two attached hydrogens (primary N) is 1. The first-order chi connectivity index (χ1) is 17.8. The van der Waals surface area contributed by atoms with E-state index in [1.807, 2.05) is 0 Å². The third-order valence-corrected chi connectivity index (χ3v) is 5.55. The zero-order valence-corrected chi connectivity index (χ0v) is 18.9. The van der Waals surface area contributed by atoms with Crippen LogP contribution >= 0.6 is 0 Å². The van der Waals surface area contributed by atoms with Gasteiger partial charge in [-0.05, 0) is 29.3 Å². The summed E-state index contributed by atoms with van der Waals surface area (Å²) in [5.74, 6) is -3.42. The van der Waals surface area contributed by atoms with E-state index in [0.29, 0.717) is 22.2 Å². The first kappa shape index (κ1) is 23.4. The van der Waals surface area contributed by atoms with Crippen LogP contribution in [0.15, 0.2) is 63.9 Å². The van der Waals surface area contributed by atoms with Crippen LogP contribution in [0.1, 0.15) is 42.5 Å². The summed E-state index contributed by atoms with van der Waals surface area (Å²) in [6.07, 6.45) is 0.879. The smallest absolute Gasteiger partial charge is 0.408 e. The summed E-state index contributed by atoms with van der Waals surface area (Å²) < 4.78 is 20.3. The zero-order valence-electron chi connectivity index (χ0n) is 18.9. The highest BCUT2D eigenvalue weighted by atomic mass is 19.1. The fourth-order valence-corrected chi connectivity index (χ4v) is 3.78. The number of primary amides is 1. The van der Waals surface area contributed by atoms with E-state index in [0.717, 1.165) is 10.7 Å². The van der Waals surface area contributed by atoms with Gasteiger partial charge in [0.2, 0.25) is 5.91 Å². The number of benzene rings is 2. The highest BCUT2D eigenvalue weighted by Crippen LogP contribution is 2.15. The molecule has 0 unspecified atom stereocenters. The predicted molar refractivity (Wildman–Crippen MR) is 127 cm³/mol. The first-order valence-electron chi connectivity index (χ1n) is 10.9. The Morgan fingerprint density at radius 3 is 2.65 bits per heavy atom. The predicted octanol–water partition coefficient (Wildman–Crippen LogP) is 1.26. The molecule has 13 heteroatoms. The van der Waals surface area contributed by atoms with Crippen LogP contribution < -0.4 is 22.1 Å². The number of aromatic amines is 1. The highest BCUT2D eigenvalue weighted by Gasteiger charge is 2.20. The van der Waals surface area contributed by atoms with E-state index in [2.05, 4.69) is 25.7 Å². The van der Waals surface area contributed by atoms with Gasteiger partial charge in [0.15, 0.2) is 17.0 Å². The maximum Gasteiger partial charge on any atom is 0.417 e. The van der Waals surface area contributed by atoms with Crippen LogP contribution in [0.5, 0.6) is 0 Å². The molecule has 5 rings (SSSR count). The Hall–Kier alpha value is -5.33. The third kappa shape index (κ3) is 4.65. The number of rotatable bonds is 7. The van der Waals surface area contributed by atoms with Gasteiger partial charge in [-0.25, -0.2) is 18.7 Å². The van der Waals surface area contributed by atoms with E-state index in [-0.39, 0.29) is 35.7 Å². The molecule has 5 N–H and O–H groups in total. The monoisotopic (exact) mass is 503 g/mol. The Balaban J connectivity index is 1.38. The normalized spacial score (nSPS) is 11.1. The van der Waals surface area contributed by atoms with Crippen molar-refractivity contribution in [3.05, 3.63) is 99.2 Å². The van der Waals surface area contributed by atoms with E-state index < -0.39 is 29.3 Å². The van der Waals surface area contributed by atoms with Gasteiger partial charge in [-0.1, -0.05) is 24.3 Å². The van der Waals surface area contributed by atoms with Crippen LogP contribution in [0, 0.1) is 5.82 Å². The van der Waals surface area contributed by atoms with Gasteiger partial charge in [-0.2, -0.15) is 5.10 Å². The molecule has 3 aromatic heterocycles. The number of carbonyl (C=O) groups excluding carboxylic acids is 3. The van der Waals surface area contributed by atoms with E-state index in [9.17, 15) is 23.6 Å². The van der Waals surface area contributed by atoms with Crippen molar-refractivity contribution in [2.24, 2.45) is 5.73 Å². The summed E-state index contributed by atoms with van der Waals surface area (Å²) in [6.45, 7) is 0.00758. The third-order valence-electron chi connectivity index (χ3n) is 5.55. The SMILES string of the molecule is NC(=O)c1ccccc1CNC(=O)c1cc(C(=O)NCc2ccc3oc(=O)[nH]c3c2)nc2c(F)cnn12. The largest absolute Gasteiger partial charge is 0.417 e. The maximum atomic E-state index is 14.3. The lowest BCUT2D eigenvalue weighted by Gasteiger charge is -2.11. The lowest BCUT2D eigenvalue weighted by Crippen LogP contribution is -2.29. The molecule has 0 radical (unpaired) electrons. The molecule has 0 fully saturated rings. The number of halogens is 1. The molecule has 0 aliphatic carbocycles. The Bertz CT molecular complexity index is 1750.